The molecule has 1 saturated heterocycles. The number of amides is 3. The third kappa shape index (κ3) is 4.11. The van der Waals surface area contributed by atoms with Crippen molar-refractivity contribution >= 4 is 66.7 Å². The lowest BCUT2D eigenvalue weighted by atomic mass is 9.81. The molecule has 0 unspecified atom stereocenters. The van der Waals surface area contributed by atoms with E-state index in [4.69, 9.17) is 0 Å². The van der Waals surface area contributed by atoms with Crippen molar-refractivity contribution in [1.82, 2.24) is 10.0 Å². The highest BCUT2D eigenvalue weighted by Gasteiger charge is 2.67. The molecule has 5 rings (SSSR count). The number of non-ortho nitro benzene ring substituents is 2. The van der Waals surface area contributed by atoms with Crippen LogP contribution in [-0.4, -0.2) is 59.6 Å². The lowest BCUT2D eigenvalue weighted by Crippen LogP contribution is -2.52. The van der Waals surface area contributed by atoms with Gasteiger partial charge < -0.3 is 0 Å². The Morgan fingerprint density at radius 1 is 0.816 bits per heavy atom. The second-order valence-corrected chi connectivity index (χ2v) is 11.5. The van der Waals surface area contributed by atoms with Gasteiger partial charge in [-0.05, 0) is 42.5 Å². The summed E-state index contributed by atoms with van der Waals surface area (Å²) in [6.45, 7) is -0.699. The molecule has 2 aliphatic carbocycles. The maximum absolute atomic E-state index is 13.6. The van der Waals surface area contributed by atoms with Crippen molar-refractivity contribution in [3.05, 3.63) is 79.9 Å². The Morgan fingerprint density at radius 2 is 1.24 bits per heavy atom. The number of benzene rings is 2. The summed E-state index contributed by atoms with van der Waals surface area (Å²) >= 11 is 7.21. The number of fused-ring (bicyclic) bond motifs is 5. The molecular formula is C24H18Br2N4O8. The van der Waals surface area contributed by atoms with E-state index in [-0.39, 0.29) is 44.0 Å². The van der Waals surface area contributed by atoms with Gasteiger partial charge in [0.05, 0.1) is 21.7 Å². The minimum atomic E-state index is -0.866. The van der Waals surface area contributed by atoms with Gasteiger partial charge in [0.1, 0.15) is 6.54 Å². The highest BCUT2D eigenvalue weighted by molar-refractivity contribution is 9.12. The molecule has 1 heterocycles. The van der Waals surface area contributed by atoms with E-state index >= 15 is 0 Å². The summed E-state index contributed by atoms with van der Waals surface area (Å²) in [5, 5.41) is 23.5. The number of ketones is 1. The normalized spacial score (nSPS) is 27.4. The Kier molecular flexibility index (Phi) is 6.63. The van der Waals surface area contributed by atoms with Gasteiger partial charge in [-0.1, -0.05) is 31.9 Å². The summed E-state index contributed by atoms with van der Waals surface area (Å²) in [5.41, 5.74) is -0.523. The number of hydrogen-bond acceptors (Lipinski definition) is 8. The van der Waals surface area contributed by atoms with Crippen LogP contribution in [0.15, 0.2) is 48.5 Å². The van der Waals surface area contributed by atoms with E-state index in [1.165, 1.54) is 24.3 Å². The molecule has 0 radical (unpaired) electrons. The lowest BCUT2D eigenvalue weighted by Gasteiger charge is -2.30. The number of imide groups is 1. The average molecular weight is 650 g/mol. The van der Waals surface area contributed by atoms with Crippen molar-refractivity contribution in [2.75, 3.05) is 6.54 Å². The smallest absolute Gasteiger partial charge is 0.273 e. The second kappa shape index (κ2) is 9.66. The monoisotopic (exact) mass is 648 g/mol. The van der Waals surface area contributed by atoms with Crippen LogP contribution >= 0.6 is 31.9 Å². The molecule has 2 aromatic rings. The quantitative estimate of drug-likeness (QED) is 0.145. The van der Waals surface area contributed by atoms with Crippen LogP contribution in [0.1, 0.15) is 27.1 Å². The van der Waals surface area contributed by atoms with Gasteiger partial charge in [-0.3, -0.25) is 39.4 Å². The Balaban J connectivity index is 1.49. The minimum absolute atomic E-state index is 0.0361. The first-order valence-electron chi connectivity index (χ1n) is 11.5. The fourth-order valence-electron chi connectivity index (χ4n) is 5.68. The van der Waals surface area contributed by atoms with Crippen LogP contribution in [-0.2, 0) is 9.59 Å². The summed E-state index contributed by atoms with van der Waals surface area (Å²) in [7, 11) is 0. The number of Topliss-reactive ketones (excluding diaryl/α,β-unsaturated/α-hetero) is 1. The molecule has 3 aliphatic rings. The van der Waals surface area contributed by atoms with Gasteiger partial charge in [0, 0.05) is 45.0 Å². The predicted octanol–water partition coefficient (Wildman–Crippen LogP) is 3.52. The van der Waals surface area contributed by atoms with Gasteiger partial charge in [-0.25, -0.2) is 5.01 Å². The number of rotatable bonds is 7. The van der Waals surface area contributed by atoms with Crippen LogP contribution < -0.4 is 0 Å². The molecule has 2 aromatic carbocycles. The number of nitro benzene ring substituents is 2. The summed E-state index contributed by atoms with van der Waals surface area (Å²) in [4.78, 5) is 74.6. The first-order valence-corrected chi connectivity index (χ1v) is 13.3. The summed E-state index contributed by atoms with van der Waals surface area (Å²) in [6.07, 6.45) is 0.671. The Bertz CT molecular complexity index is 1350. The molecule has 2 bridgehead atoms. The van der Waals surface area contributed by atoms with E-state index in [0.29, 0.717) is 6.42 Å². The molecule has 38 heavy (non-hydrogen) atoms. The SMILES string of the molecule is O=C(CN(C(=O)c1ccc([N+](=O)[O-])cc1)N1C(=O)[C@@H]2[C@H]3C[C@@H]([C@@H](Br)[C@H]3Br)[C@H]2C1=O)c1ccc([N+](=O)[O-])cc1. The summed E-state index contributed by atoms with van der Waals surface area (Å²) < 4.78 is 0. The topological polar surface area (TPSA) is 161 Å². The number of halogens is 2. The maximum atomic E-state index is 13.6. The third-order valence-electron chi connectivity index (χ3n) is 7.46. The molecule has 0 aromatic heterocycles. The lowest BCUT2D eigenvalue weighted by molar-refractivity contribution is -0.385. The van der Waals surface area contributed by atoms with Crippen molar-refractivity contribution in [1.29, 1.82) is 0 Å². The second-order valence-electron chi connectivity index (χ2n) is 9.39. The number of hydrazine groups is 1. The molecule has 0 N–H and O–H groups in total. The number of nitrogens with zero attached hydrogens (tertiary/aromatic N) is 4. The molecule has 2 saturated carbocycles. The van der Waals surface area contributed by atoms with Crippen LogP contribution in [0.25, 0.3) is 0 Å². The zero-order chi connectivity index (χ0) is 27.5. The zero-order valence-electron chi connectivity index (χ0n) is 19.3. The maximum Gasteiger partial charge on any atom is 0.273 e. The molecule has 3 fully saturated rings. The zero-order valence-corrected chi connectivity index (χ0v) is 22.5. The van der Waals surface area contributed by atoms with Gasteiger partial charge >= 0.3 is 0 Å². The van der Waals surface area contributed by atoms with E-state index in [1.54, 1.807) is 0 Å². The molecule has 14 heteroatoms. The molecular weight excluding hydrogens is 632 g/mol. The van der Waals surface area contributed by atoms with Crippen molar-refractivity contribution in [3.8, 4) is 0 Å². The molecule has 6 atom stereocenters. The van der Waals surface area contributed by atoms with Gasteiger partial charge in [0.2, 0.25) is 0 Å². The number of carbonyl (C=O) groups is 4. The van der Waals surface area contributed by atoms with Gasteiger partial charge in [-0.2, -0.15) is 5.01 Å². The Hall–Kier alpha value is -3.52. The summed E-state index contributed by atoms with van der Waals surface area (Å²) in [6, 6.07) is 9.30. The van der Waals surface area contributed by atoms with Gasteiger partial charge in [0.15, 0.2) is 5.78 Å². The Labute approximate surface area is 231 Å². The fourth-order valence-corrected chi connectivity index (χ4v) is 7.55. The Morgan fingerprint density at radius 3 is 1.66 bits per heavy atom. The standard InChI is InChI=1S/C24H18Br2N4O8/c25-20-15-9-16(21(20)26)19-18(15)23(33)28(24(19)34)27(22(32)12-3-7-14(8-4-12)30(37)38)10-17(31)11-1-5-13(6-2-11)29(35)36/h1-8,15-16,18-21H,9-10H2/t15-,16-,18-,19-,20-,21+/m1/s1. The molecule has 12 nitrogen and oxygen atoms in total. The first kappa shape index (κ1) is 26.1. The van der Waals surface area contributed by atoms with Crippen LogP contribution in [0, 0.1) is 43.9 Å². The van der Waals surface area contributed by atoms with Crippen LogP contribution in [0.2, 0.25) is 0 Å². The molecule has 3 amide bonds. The van der Waals surface area contributed by atoms with E-state index in [1.807, 2.05) is 0 Å². The van der Waals surface area contributed by atoms with Crippen molar-refractivity contribution in [3.63, 3.8) is 0 Å². The van der Waals surface area contributed by atoms with Gasteiger partial charge in [0.25, 0.3) is 29.1 Å². The first-order chi connectivity index (χ1) is 18.0. The highest BCUT2D eigenvalue weighted by atomic mass is 79.9. The van der Waals surface area contributed by atoms with Crippen LogP contribution in [0.5, 0.6) is 0 Å². The highest BCUT2D eigenvalue weighted by Crippen LogP contribution is 2.60. The number of alkyl halides is 2. The van der Waals surface area contributed by atoms with Crippen LogP contribution in [0.4, 0.5) is 11.4 Å². The summed E-state index contributed by atoms with van der Waals surface area (Å²) in [5.74, 6) is -4.23. The van der Waals surface area contributed by atoms with E-state index < -0.39 is 51.7 Å². The largest absolute Gasteiger partial charge is 0.292 e. The van der Waals surface area contributed by atoms with Crippen molar-refractivity contribution in [2.45, 2.75) is 16.1 Å². The fraction of sp³-hybridized carbons (Fsp3) is 0.333. The molecule has 0 spiro atoms. The van der Waals surface area contributed by atoms with Gasteiger partial charge in [-0.15, -0.1) is 0 Å². The average Bonchev–Trinajstić information content (AvgIpc) is 3.51. The number of hydrogen-bond donors (Lipinski definition) is 0. The molecule has 1 aliphatic heterocycles. The number of nitro groups is 2. The van der Waals surface area contributed by atoms with Crippen LogP contribution in [0.3, 0.4) is 0 Å². The van der Waals surface area contributed by atoms with Crippen molar-refractivity contribution < 1.29 is 29.0 Å². The number of carbonyl (C=O) groups excluding carboxylic acids is 4. The predicted molar refractivity (Wildman–Crippen MR) is 137 cm³/mol. The minimum Gasteiger partial charge on any atom is -0.292 e. The van der Waals surface area contributed by atoms with Crippen molar-refractivity contribution in [2.24, 2.45) is 23.7 Å². The van der Waals surface area contributed by atoms with E-state index in [0.717, 1.165) is 34.3 Å². The third-order valence-corrected chi connectivity index (χ3v) is 10.7. The van der Waals surface area contributed by atoms with E-state index in [9.17, 15) is 39.4 Å². The van der Waals surface area contributed by atoms with E-state index in [2.05, 4.69) is 31.9 Å². The molecule has 196 valence electrons.